The first-order chi connectivity index (χ1) is 11.0. The Morgan fingerprint density at radius 2 is 2.04 bits per heavy atom. The zero-order valence-electron chi connectivity index (χ0n) is 14.3. The number of aryl methyl sites for hydroxylation is 2. The molecule has 1 aliphatic heterocycles. The van der Waals surface area contributed by atoms with Gasteiger partial charge in [0.25, 0.3) is 5.91 Å². The number of hydrogen-bond acceptors (Lipinski definition) is 3. The minimum atomic E-state index is 0.0764. The van der Waals surface area contributed by atoms with Crippen LogP contribution in [-0.4, -0.2) is 40.2 Å². The molecule has 1 atom stereocenters. The Balaban J connectivity index is 1.99. The number of carbonyl (C=O) groups excluding carboxylic acids is 1. The maximum Gasteiger partial charge on any atom is 0.257 e. The highest BCUT2D eigenvalue weighted by molar-refractivity contribution is 5.95. The largest absolute Gasteiger partial charge is 0.372 e. The maximum atomic E-state index is 13.1. The van der Waals surface area contributed by atoms with E-state index in [2.05, 4.69) is 42.2 Å². The van der Waals surface area contributed by atoms with Crippen molar-refractivity contribution in [1.82, 2.24) is 14.7 Å². The highest BCUT2D eigenvalue weighted by Gasteiger charge is 2.30. The van der Waals surface area contributed by atoms with Crippen molar-refractivity contribution in [2.45, 2.75) is 32.9 Å². The molecule has 1 aromatic carbocycles. The quantitative estimate of drug-likeness (QED) is 0.856. The van der Waals surface area contributed by atoms with Gasteiger partial charge in [-0.25, -0.2) is 0 Å². The van der Waals surface area contributed by atoms with Crippen LogP contribution in [0.1, 0.15) is 35.0 Å². The van der Waals surface area contributed by atoms with E-state index in [1.165, 1.54) is 11.3 Å². The van der Waals surface area contributed by atoms with Crippen LogP contribution in [0.5, 0.6) is 0 Å². The van der Waals surface area contributed by atoms with Crippen LogP contribution in [0.25, 0.3) is 0 Å². The summed E-state index contributed by atoms with van der Waals surface area (Å²) in [5, 5.41) is 4.32. The predicted molar refractivity (Wildman–Crippen MR) is 91.6 cm³/mol. The van der Waals surface area contributed by atoms with Crippen LogP contribution in [0.4, 0.5) is 5.69 Å². The van der Waals surface area contributed by atoms with Crippen LogP contribution in [0, 0.1) is 6.92 Å². The summed E-state index contributed by atoms with van der Waals surface area (Å²) in [7, 11) is 3.96. The summed E-state index contributed by atoms with van der Waals surface area (Å²) in [5.41, 5.74) is 3.90. The summed E-state index contributed by atoms with van der Waals surface area (Å²) in [6, 6.07) is 8.53. The third kappa shape index (κ3) is 2.83. The molecule has 0 fully saturated rings. The lowest BCUT2D eigenvalue weighted by Gasteiger charge is -2.30. The van der Waals surface area contributed by atoms with Gasteiger partial charge in [-0.1, -0.05) is 25.1 Å². The summed E-state index contributed by atoms with van der Waals surface area (Å²) < 4.78 is 1.71. The number of carbonyl (C=O) groups is 1. The van der Waals surface area contributed by atoms with Crippen LogP contribution >= 0.6 is 0 Å². The summed E-state index contributed by atoms with van der Waals surface area (Å²) in [6.07, 6.45) is 2.76. The van der Waals surface area contributed by atoms with E-state index in [9.17, 15) is 4.79 Å². The topological polar surface area (TPSA) is 41.4 Å². The Morgan fingerprint density at radius 1 is 1.30 bits per heavy atom. The van der Waals surface area contributed by atoms with Gasteiger partial charge in [0.2, 0.25) is 0 Å². The van der Waals surface area contributed by atoms with Crippen molar-refractivity contribution in [2.24, 2.45) is 7.05 Å². The van der Waals surface area contributed by atoms with Crippen molar-refractivity contribution in [3.63, 3.8) is 0 Å². The van der Waals surface area contributed by atoms with Crippen molar-refractivity contribution in [1.29, 1.82) is 0 Å². The van der Waals surface area contributed by atoms with E-state index in [1.54, 1.807) is 4.68 Å². The standard InChI is InChI=1S/C18H24N4O/c1-5-15-11-20(3)17-9-7-6-8-14(17)10-22(15)18(23)16-12-21(4)19-13(16)2/h6-9,12,15H,5,10-11H2,1-4H3/t15-/m0/s1. The molecule has 0 radical (unpaired) electrons. The zero-order chi connectivity index (χ0) is 16.6. The number of hydrogen-bond donors (Lipinski definition) is 0. The van der Waals surface area contributed by atoms with Crippen LogP contribution in [-0.2, 0) is 13.6 Å². The predicted octanol–water partition coefficient (Wildman–Crippen LogP) is 2.60. The molecule has 122 valence electrons. The van der Waals surface area contributed by atoms with Gasteiger partial charge in [0, 0.05) is 45.1 Å². The Kier molecular flexibility index (Phi) is 4.11. The molecule has 5 heteroatoms. The van der Waals surface area contributed by atoms with Gasteiger partial charge in [-0.2, -0.15) is 5.10 Å². The smallest absolute Gasteiger partial charge is 0.257 e. The Hall–Kier alpha value is -2.30. The second kappa shape index (κ2) is 6.07. The minimum absolute atomic E-state index is 0.0764. The fourth-order valence-electron chi connectivity index (χ4n) is 3.39. The molecule has 2 aromatic rings. The van der Waals surface area contributed by atoms with Gasteiger partial charge in [0.1, 0.15) is 0 Å². The molecule has 5 nitrogen and oxygen atoms in total. The van der Waals surface area contributed by atoms with Crippen molar-refractivity contribution in [3.8, 4) is 0 Å². The number of para-hydroxylation sites is 1. The highest BCUT2D eigenvalue weighted by atomic mass is 16.2. The van der Waals surface area contributed by atoms with E-state index in [4.69, 9.17) is 0 Å². The van der Waals surface area contributed by atoms with E-state index in [1.807, 2.05) is 31.1 Å². The van der Waals surface area contributed by atoms with Gasteiger partial charge in [-0.05, 0) is 25.0 Å². The average Bonchev–Trinajstić information content (AvgIpc) is 2.80. The molecule has 0 saturated carbocycles. The summed E-state index contributed by atoms with van der Waals surface area (Å²) in [5.74, 6) is 0.0764. The number of amides is 1. The van der Waals surface area contributed by atoms with E-state index < -0.39 is 0 Å². The molecular formula is C18H24N4O. The number of benzene rings is 1. The normalized spacial score (nSPS) is 17.8. The third-order valence-electron chi connectivity index (χ3n) is 4.64. The fraction of sp³-hybridized carbons (Fsp3) is 0.444. The minimum Gasteiger partial charge on any atom is -0.372 e. The number of likely N-dealkylation sites (N-methyl/N-ethyl adjacent to an activating group) is 1. The number of aromatic nitrogens is 2. The van der Waals surface area contributed by atoms with E-state index in [0.29, 0.717) is 12.1 Å². The monoisotopic (exact) mass is 312 g/mol. The molecule has 1 aromatic heterocycles. The van der Waals surface area contributed by atoms with Crippen molar-refractivity contribution in [3.05, 3.63) is 47.3 Å². The lowest BCUT2D eigenvalue weighted by atomic mass is 10.1. The van der Waals surface area contributed by atoms with Gasteiger partial charge in [-0.15, -0.1) is 0 Å². The zero-order valence-corrected chi connectivity index (χ0v) is 14.3. The first-order valence-electron chi connectivity index (χ1n) is 8.11. The van der Waals surface area contributed by atoms with Crippen LogP contribution in [0.15, 0.2) is 30.5 Å². The van der Waals surface area contributed by atoms with E-state index >= 15 is 0 Å². The van der Waals surface area contributed by atoms with Crippen molar-refractivity contribution < 1.29 is 4.79 Å². The first-order valence-corrected chi connectivity index (χ1v) is 8.11. The molecule has 23 heavy (non-hydrogen) atoms. The summed E-state index contributed by atoms with van der Waals surface area (Å²) >= 11 is 0. The Bertz CT molecular complexity index is 722. The molecule has 3 rings (SSSR count). The van der Waals surface area contributed by atoms with Gasteiger partial charge in [0.05, 0.1) is 11.3 Å². The number of nitrogens with zero attached hydrogens (tertiary/aromatic N) is 4. The van der Waals surface area contributed by atoms with Crippen LogP contribution in [0.3, 0.4) is 0 Å². The maximum absolute atomic E-state index is 13.1. The van der Waals surface area contributed by atoms with Crippen molar-refractivity contribution in [2.75, 3.05) is 18.5 Å². The summed E-state index contributed by atoms with van der Waals surface area (Å²) in [6.45, 7) is 5.53. The molecule has 0 saturated heterocycles. The second-order valence-corrected chi connectivity index (χ2v) is 6.31. The van der Waals surface area contributed by atoms with E-state index in [0.717, 1.165) is 18.7 Å². The molecule has 0 unspecified atom stereocenters. The van der Waals surface area contributed by atoms with Crippen LogP contribution in [0.2, 0.25) is 0 Å². The highest BCUT2D eigenvalue weighted by Crippen LogP contribution is 2.28. The van der Waals surface area contributed by atoms with Crippen LogP contribution < -0.4 is 4.90 Å². The Morgan fingerprint density at radius 3 is 2.70 bits per heavy atom. The molecule has 1 aliphatic rings. The van der Waals surface area contributed by atoms with Gasteiger partial charge >= 0.3 is 0 Å². The first kappa shape index (κ1) is 15.6. The molecule has 0 spiro atoms. The van der Waals surface area contributed by atoms with Gasteiger partial charge < -0.3 is 9.80 Å². The van der Waals surface area contributed by atoms with Gasteiger partial charge in [0.15, 0.2) is 0 Å². The SMILES string of the molecule is CC[C@H]1CN(C)c2ccccc2CN1C(=O)c1cn(C)nc1C. The lowest BCUT2D eigenvalue weighted by Crippen LogP contribution is -2.43. The fourth-order valence-corrected chi connectivity index (χ4v) is 3.39. The molecule has 0 N–H and O–H groups in total. The molecule has 0 aliphatic carbocycles. The third-order valence-corrected chi connectivity index (χ3v) is 4.64. The number of rotatable bonds is 2. The van der Waals surface area contributed by atoms with E-state index in [-0.39, 0.29) is 11.9 Å². The number of anilines is 1. The summed E-state index contributed by atoms with van der Waals surface area (Å²) in [4.78, 5) is 17.4. The Labute approximate surface area is 137 Å². The molecular weight excluding hydrogens is 288 g/mol. The lowest BCUT2D eigenvalue weighted by molar-refractivity contribution is 0.0667. The average molecular weight is 312 g/mol. The number of fused-ring (bicyclic) bond motifs is 1. The second-order valence-electron chi connectivity index (χ2n) is 6.31. The molecule has 1 amide bonds. The molecule has 0 bridgehead atoms. The molecule has 2 heterocycles. The van der Waals surface area contributed by atoms with Crippen molar-refractivity contribution >= 4 is 11.6 Å². The van der Waals surface area contributed by atoms with Gasteiger partial charge in [-0.3, -0.25) is 9.48 Å².